The summed E-state index contributed by atoms with van der Waals surface area (Å²) in [6.45, 7) is 3.93. The summed E-state index contributed by atoms with van der Waals surface area (Å²) in [6, 6.07) is 5.41. The highest BCUT2D eigenvalue weighted by Gasteiger charge is 2.40. The third-order valence-corrected chi connectivity index (χ3v) is 5.32. The molecule has 3 heterocycles. The number of hydrogen-bond acceptors (Lipinski definition) is 8. The van der Waals surface area contributed by atoms with Gasteiger partial charge in [0.15, 0.2) is 17.3 Å². The van der Waals surface area contributed by atoms with Gasteiger partial charge in [-0.25, -0.2) is 18.7 Å². The van der Waals surface area contributed by atoms with Gasteiger partial charge in [0.05, 0.1) is 18.5 Å². The Hall–Kier alpha value is -3.72. The Morgan fingerprint density at radius 2 is 2.24 bits per heavy atom. The zero-order chi connectivity index (χ0) is 23.5. The van der Waals surface area contributed by atoms with Crippen molar-refractivity contribution >= 4 is 23.2 Å². The Morgan fingerprint density at radius 1 is 1.42 bits per heavy atom. The molecule has 0 unspecified atom stereocenters. The van der Waals surface area contributed by atoms with Crippen LogP contribution < -0.4 is 10.6 Å². The van der Waals surface area contributed by atoms with Crippen LogP contribution >= 0.6 is 0 Å². The number of hydrogen-bond donors (Lipinski definition) is 3. The molecule has 3 aromatic rings. The maximum absolute atomic E-state index is 15.0. The maximum Gasteiger partial charge on any atom is 0.407 e. The lowest BCUT2D eigenvalue weighted by atomic mass is 10.0. The summed E-state index contributed by atoms with van der Waals surface area (Å²) in [6.07, 6.45) is -0.326. The van der Waals surface area contributed by atoms with Crippen molar-refractivity contribution in [1.29, 1.82) is 5.26 Å². The molecule has 3 atom stereocenters. The summed E-state index contributed by atoms with van der Waals surface area (Å²) in [5.74, 6) is 0.321. The average Bonchev–Trinajstić information content (AvgIpc) is 3.47. The predicted octanol–water partition coefficient (Wildman–Crippen LogP) is 2.93. The Bertz CT molecular complexity index is 1180. The van der Waals surface area contributed by atoms with Gasteiger partial charge in [-0.1, -0.05) is 0 Å². The highest BCUT2D eigenvalue weighted by molar-refractivity contribution is 5.73. The number of amides is 1. The average molecular weight is 456 g/mol. The second kappa shape index (κ2) is 9.41. The van der Waals surface area contributed by atoms with Crippen LogP contribution in [0.5, 0.6) is 0 Å². The second-order valence-electron chi connectivity index (χ2n) is 8.19. The van der Waals surface area contributed by atoms with Gasteiger partial charge < -0.3 is 20.1 Å². The van der Waals surface area contributed by atoms with Gasteiger partial charge in [-0.2, -0.15) is 15.5 Å². The summed E-state index contributed by atoms with van der Waals surface area (Å²) in [7, 11) is 1.57. The first kappa shape index (κ1) is 22.5. The lowest BCUT2D eigenvalue weighted by Gasteiger charge is -2.18. The lowest BCUT2D eigenvalue weighted by Crippen LogP contribution is -2.36. The fraction of sp³-hybridized carbons (Fsp3) is 0.476. The molecule has 1 fully saturated rings. The summed E-state index contributed by atoms with van der Waals surface area (Å²) < 4.78 is 26.9. The van der Waals surface area contributed by atoms with E-state index in [1.165, 1.54) is 6.20 Å². The van der Waals surface area contributed by atoms with Crippen LogP contribution in [0.3, 0.4) is 0 Å². The number of carbonyl (C=O) groups is 1. The van der Waals surface area contributed by atoms with E-state index in [4.69, 9.17) is 9.47 Å². The largest absolute Gasteiger partial charge is 0.443 e. The van der Waals surface area contributed by atoms with Gasteiger partial charge in [0.2, 0.25) is 0 Å². The van der Waals surface area contributed by atoms with Gasteiger partial charge in [0.25, 0.3) is 0 Å². The number of alkyl halides is 1. The zero-order valence-corrected chi connectivity index (χ0v) is 18.5. The molecule has 3 aromatic heterocycles. The number of methoxy groups -OCH3 is 1. The van der Waals surface area contributed by atoms with Crippen LogP contribution in [0.1, 0.15) is 49.7 Å². The van der Waals surface area contributed by atoms with Crippen LogP contribution in [0.2, 0.25) is 0 Å². The molecular weight excluding hydrogens is 431 g/mol. The third kappa shape index (κ3) is 4.88. The van der Waals surface area contributed by atoms with Crippen molar-refractivity contribution in [3.8, 4) is 6.07 Å². The maximum atomic E-state index is 15.0. The fourth-order valence-electron chi connectivity index (χ4n) is 3.90. The molecule has 1 saturated carbocycles. The number of nitriles is 1. The Kier molecular flexibility index (Phi) is 6.41. The fourth-order valence-corrected chi connectivity index (χ4v) is 3.90. The molecule has 0 radical (unpaired) electrons. The van der Waals surface area contributed by atoms with Crippen molar-refractivity contribution in [2.75, 3.05) is 12.4 Å². The molecule has 174 valence electrons. The number of carbonyl (C=O) groups excluding carboxylic acids is 1. The number of H-pyrrole nitrogens is 1. The van der Waals surface area contributed by atoms with Crippen LogP contribution in [0.15, 0.2) is 18.3 Å². The summed E-state index contributed by atoms with van der Waals surface area (Å²) in [4.78, 5) is 16.1. The van der Waals surface area contributed by atoms with E-state index in [2.05, 4.69) is 30.9 Å². The smallest absolute Gasteiger partial charge is 0.407 e. The number of halogens is 1. The van der Waals surface area contributed by atoms with Gasteiger partial charge in [-0.3, -0.25) is 5.10 Å². The van der Waals surface area contributed by atoms with Crippen LogP contribution in [0.25, 0.3) is 5.52 Å². The van der Waals surface area contributed by atoms with Crippen LogP contribution in [0.4, 0.5) is 20.8 Å². The van der Waals surface area contributed by atoms with Crippen molar-refractivity contribution in [3.63, 3.8) is 0 Å². The summed E-state index contributed by atoms with van der Waals surface area (Å²) in [5, 5.41) is 26.4. The molecule has 1 amide bonds. The van der Waals surface area contributed by atoms with Gasteiger partial charge in [0, 0.05) is 30.8 Å². The van der Waals surface area contributed by atoms with Gasteiger partial charge in [-0.05, 0) is 32.8 Å². The second-order valence-corrected chi connectivity index (χ2v) is 8.19. The molecule has 1 aliphatic carbocycles. The van der Waals surface area contributed by atoms with E-state index in [1.807, 2.05) is 19.9 Å². The quantitative estimate of drug-likeness (QED) is 0.493. The molecule has 4 rings (SSSR count). The number of aromatic nitrogens is 5. The highest BCUT2D eigenvalue weighted by atomic mass is 19.1. The molecule has 33 heavy (non-hydrogen) atoms. The van der Waals surface area contributed by atoms with E-state index in [1.54, 1.807) is 23.8 Å². The monoisotopic (exact) mass is 456 g/mol. The van der Waals surface area contributed by atoms with Crippen LogP contribution in [0, 0.1) is 11.3 Å². The molecule has 0 saturated heterocycles. The molecule has 0 aliphatic heterocycles. The number of alkyl carbamates (subject to hydrolysis) is 1. The first-order valence-electron chi connectivity index (χ1n) is 10.6. The molecular formula is C21H25FN8O3. The molecule has 0 spiro atoms. The minimum Gasteiger partial charge on any atom is -0.443 e. The van der Waals surface area contributed by atoms with Crippen molar-refractivity contribution in [2.45, 2.75) is 57.5 Å². The van der Waals surface area contributed by atoms with Crippen molar-refractivity contribution in [2.24, 2.45) is 0 Å². The SMILES string of the molecule is COCc1cc2c(Nc3cc([C@@H]4CC[C@H](OC(=O)NC(C)C)[C@@H]4F)[nH]n3)nc(C#N)cn2n1. The van der Waals surface area contributed by atoms with Crippen LogP contribution in [-0.2, 0) is 16.1 Å². The Labute approximate surface area is 189 Å². The third-order valence-electron chi connectivity index (χ3n) is 5.32. The van der Waals surface area contributed by atoms with Gasteiger partial charge in [-0.15, -0.1) is 0 Å². The lowest BCUT2D eigenvalue weighted by molar-refractivity contribution is 0.0555. The Morgan fingerprint density at radius 3 is 2.97 bits per heavy atom. The van der Waals surface area contributed by atoms with Crippen molar-refractivity contribution in [1.82, 2.24) is 30.1 Å². The van der Waals surface area contributed by atoms with Gasteiger partial charge >= 0.3 is 6.09 Å². The number of nitrogens with zero attached hydrogens (tertiary/aromatic N) is 5. The molecule has 12 heteroatoms. The number of anilines is 2. The summed E-state index contributed by atoms with van der Waals surface area (Å²) in [5.41, 5.74) is 2.08. The zero-order valence-electron chi connectivity index (χ0n) is 18.5. The number of ether oxygens (including phenoxy) is 2. The Balaban J connectivity index is 1.50. The van der Waals surface area contributed by atoms with E-state index >= 15 is 4.39 Å². The summed E-state index contributed by atoms with van der Waals surface area (Å²) >= 11 is 0. The minimum atomic E-state index is -1.35. The van der Waals surface area contributed by atoms with E-state index in [-0.39, 0.29) is 11.7 Å². The molecule has 0 aromatic carbocycles. The minimum absolute atomic E-state index is 0.0880. The number of nitrogens with one attached hydrogen (secondary N) is 3. The van der Waals surface area contributed by atoms with Crippen molar-refractivity contribution in [3.05, 3.63) is 35.4 Å². The van der Waals surface area contributed by atoms with E-state index in [0.717, 1.165) is 0 Å². The number of aromatic amines is 1. The molecule has 11 nitrogen and oxygen atoms in total. The first-order chi connectivity index (χ1) is 15.9. The van der Waals surface area contributed by atoms with E-state index in [9.17, 15) is 10.1 Å². The van der Waals surface area contributed by atoms with Crippen molar-refractivity contribution < 1.29 is 18.7 Å². The van der Waals surface area contributed by atoms with E-state index < -0.39 is 24.3 Å². The number of fused-ring (bicyclic) bond motifs is 1. The predicted molar refractivity (Wildman–Crippen MR) is 116 cm³/mol. The highest BCUT2D eigenvalue weighted by Crippen LogP contribution is 2.38. The normalized spacial score (nSPS) is 20.2. The van der Waals surface area contributed by atoms with Gasteiger partial charge in [0.1, 0.15) is 23.9 Å². The topological polar surface area (TPSA) is 142 Å². The number of rotatable bonds is 7. The molecule has 1 aliphatic rings. The molecule has 0 bridgehead atoms. The van der Waals surface area contributed by atoms with Crippen LogP contribution in [-0.4, -0.2) is 56.3 Å². The first-order valence-corrected chi connectivity index (χ1v) is 10.6. The molecule has 3 N–H and O–H groups in total. The van der Waals surface area contributed by atoms with E-state index in [0.29, 0.717) is 48.0 Å². The standard InChI is InChI=1S/C21H25FN8O3/c1-11(2)24-21(31)33-17-5-4-14(19(17)22)15-7-18(28-27-15)26-20-16-6-12(10-32-3)29-30(16)9-13(8-23)25-20/h6-7,9,11,14,17,19H,4-5,10H2,1-3H3,(H,24,31)(H2,25,26,27,28)/t14-,17-,19+/m0/s1.